The fourth-order valence-electron chi connectivity index (χ4n) is 3.06. The number of hydrogen-bond acceptors (Lipinski definition) is 5. The summed E-state index contributed by atoms with van der Waals surface area (Å²) >= 11 is 0. The molecule has 0 unspecified atom stereocenters. The molecule has 0 aliphatic carbocycles. The highest BCUT2D eigenvalue weighted by atomic mass is 16.5. The van der Waals surface area contributed by atoms with Crippen molar-refractivity contribution in [2.45, 2.75) is 26.4 Å². The summed E-state index contributed by atoms with van der Waals surface area (Å²) in [7, 11) is 1.96. The molecule has 1 aliphatic heterocycles. The number of carbonyl (C=O) groups is 1. The lowest BCUT2D eigenvalue weighted by Crippen LogP contribution is -2.48. The molecule has 0 bridgehead atoms. The van der Waals surface area contributed by atoms with E-state index in [1.807, 2.05) is 18.9 Å². The second-order valence-corrected chi connectivity index (χ2v) is 6.56. The first kappa shape index (κ1) is 20.8. The van der Waals surface area contributed by atoms with Crippen LogP contribution < -0.4 is 5.32 Å². The van der Waals surface area contributed by atoms with Gasteiger partial charge in [0.05, 0.1) is 26.2 Å². The molecular weight excluding hydrogens is 330 g/mol. The second kappa shape index (κ2) is 12.0. The van der Waals surface area contributed by atoms with Crippen LogP contribution in [0.15, 0.2) is 24.3 Å². The van der Waals surface area contributed by atoms with Crippen molar-refractivity contribution in [1.29, 1.82) is 0 Å². The Morgan fingerprint density at radius 2 is 1.65 bits per heavy atom. The molecule has 1 aliphatic rings. The molecule has 1 saturated heterocycles. The van der Waals surface area contributed by atoms with Crippen molar-refractivity contribution in [3.05, 3.63) is 35.4 Å². The van der Waals surface area contributed by atoms with Crippen molar-refractivity contribution in [2.24, 2.45) is 0 Å². The zero-order valence-electron chi connectivity index (χ0n) is 16.2. The van der Waals surface area contributed by atoms with Crippen LogP contribution in [-0.4, -0.2) is 75.4 Å². The van der Waals surface area contributed by atoms with Gasteiger partial charge in [0.25, 0.3) is 0 Å². The minimum atomic E-state index is 0.192. The fraction of sp³-hybridized carbons (Fsp3) is 0.650. The number of carbonyl (C=O) groups excluding carboxylic acids is 1. The van der Waals surface area contributed by atoms with Gasteiger partial charge in [-0.15, -0.1) is 0 Å². The monoisotopic (exact) mass is 363 g/mol. The van der Waals surface area contributed by atoms with Crippen molar-refractivity contribution in [2.75, 3.05) is 59.7 Å². The van der Waals surface area contributed by atoms with Crippen LogP contribution in [0.3, 0.4) is 0 Å². The Morgan fingerprint density at radius 3 is 2.31 bits per heavy atom. The van der Waals surface area contributed by atoms with Crippen LogP contribution in [0.5, 0.6) is 0 Å². The maximum atomic E-state index is 12.2. The maximum Gasteiger partial charge on any atom is 0.224 e. The van der Waals surface area contributed by atoms with E-state index in [1.54, 1.807) is 0 Å². The van der Waals surface area contributed by atoms with E-state index in [0.717, 1.165) is 39.3 Å². The predicted molar refractivity (Wildman–Crippen MR) is 103 cm³/mol. The summed E-state index contributed by atoms with van der Waals surface area (Å²) in [6.07, 6.45) is 0.457. The quantitative estimate of drug-likeness (QED) is 0.604. The number of hydrogen-bond donors (Lipinski definition) is 1. The lowest BCUT2D eigenvalue weighted by atomic mass is 10.1. The molecule has 0 aromatic heterocycles. The zero-order chi connectivity index (χ0) is 18.6. The van der Waals surface area contributed by atoms with E-state index in [0.29, 0.717) is 32.8 Å². The molecule has 1 aromatic rings. The van der Waals surface area contributed by atoms with Crippen LogP contribution in [0.4, 0.5) is 0 Å². The Kier molecular flexibility index (Phi) is 9.63. The normalized spacial score (nSPS) is 15.4. The number of piperazine rings is 1. The molecule has 0 radical (unpaired) electrons. The SMILES string of the molecule is CCOCCOCCC(=O)N1CCN(Cc2ccc(CNC)cc2)CC1. The number of ether oxygens (including phenoxy) is 2. The fourth-order valence-corrected chi connectivity index (χ4v) is 3.06. The van der Waals surface area contributed by atoms with Crippen LogP contribution in [-0.2, 0) is 27.4 Å². The number of amides is 1. The van der Waals surface area contributed by atoms with Crippen LogP contribution >= 0.6 is 0 Å². The van der Waals surface area contributed by atoms with Gasteiger partial charge in [-0.1, -0.05) is 24.3 Å². The van der Waals surface area contributed by atoms with Crippen LogP contribution in [0.2, 0.25) is 0 Å². The van der Waals surface area contributed by atoms with E-state index in [1.165, 1.54) is 11.1 Å². The smallest absolute Gasteiger partial charge is 0.224 e. The molecule has 1 amide bonds. The molecular formula is C20H33N3O3. The Morgan fingerprint density at radius 1 is 1.00 bits per heavy atom. The number of nitrogens with one attached hydrogen (secondary N) is 1. The average Bonchev–Trinajstić information content (AvgIpc) is 2.67. The first-order valence-corrected chi connectivity index (χ1v) is 9.61. The summed E-state index contributed by atoms with van der Waals surface area (Å²) in [6.45, 7) is 9.59. The number of benzene rings is 1. The molecule has 1 aromatic carbocycles. The third-order valence-corrected chi connectivity index (χ3v) is 4.57. The molecule has 0 atom stereocenters. The van der Waals surface area contributed by atoms with E-state index >= 15 is 0 Å². The molecule has 1 heterocycles. The molecule has 6 nitrogen and oxygen atoms in total. The third kappa shape index (κ3) is 7.41. The van der Waals surface area contributed by atoms with E-state index < -0.39 is 0 Å². The standard InChI is InChI=1S/C20H33N3O3/c1-3-25-14-15-26-13-8-20(24)23-11-9-22(10-12-23)17-19-6-4-18(5-7-19)16-21-2/h4-7,21H,3,8-17H2,1-2H3. The maximum absolute atomic E-state index is 12.2. The largest absolute Gasteiger partial charge is 0.379 e. The Hall–Kier alpha value is -1.47. The average molecular weight is 364 g/mol. The zero-order valence-corrected chi connectivity index (χ0v) is 16.2. The minimum Gasteiger partial charge on any atom is -0.379 e. The molecule has 1 N–H and O–H groups in total. The molecule has 1 fully saturated rings. The van der Waals surface area contributed by atoms with E-state index in [-0.39, 0.29) is 5.91 Å². The lowest BCUT2D eigenvalue weighted by molar-refractivity contribution is -0.134. The van der Waals surface area contributed by atoms with E-state index in [2.05, 4.69) is 34.5 Å². The highest BCUT2D eigenvalue weighted by Gasteiger charge is 2.20. The summed E-state index contributed by atoms with van der Waals surface area (Å²) in [5.41, 5.74) is 2.63. The van der Waals surface area contributed by atoms with Gasteiger partial charge in [0, 0.05) is 45.9 Å². The van der Waals surface area contributed by atoms with E-state index in [4.69, 9.17) is 9.47 Å². The third-order valence-electron chi connectivity index (χ3n) is 4.57. The topological polar surface area (TPSA) is 54.0 Å². The molecule has 0 spiro atoms. The van der Waals surface area contributed by atoms with Gasteiger partial charge in [0.15, 0.2) is 0 Å². The van der Waals surface area contributed by atoms with Crippen molar-refractivity contribution in [3.63, 3.8) is 0 Å². The van der Waals surface area contributed by atoms with Gasteiger partial charge in [-0.25, -0.2) is 0 Å². The van der Waals surface area contributed by atoms with Crippen molar-refractivity contribution < 1.29 is 14.3 Å². The van der Waals surface area contributed by atoms with Gasteiger partial charge >= 0.3 is 0 Å². The highest BCUT2D eigenvalue weighted by molar-refractivity contribution is 5.76. The first-order valence-electron chi connectivity index (χ1n) is 9.61. The molecule has 2 rings (SSSR count). The highest BCUT2D eigenvalue weighted by Crippen LogP contribution is 2.11. The van der Waals surface area contributed by atoms with E-state index in [9.17, 15) is 4.79 Å². The predicted octanol–water partition coefficient (Wildman–Crippen LogP) is 1.49. The molecule has 146 valence electrons. The van der Waals surface area contributed by atoms with Crippen LogP contribution in [0, 0.1) is 0 Å². The number of nitrogens with zero attached hydrogens (tertiary/aromatic N) is 2. The Bertz CT molecular complexity index is 514. The first-order chi connectivity index (χ1) is 12.7. The summed E-state index contributed by atoms with van der Waals surface area (Å²) < 4.78 is 10.6. The van der Waals surface area contributed by atoms with Crippen molar-refractivity contribution in [1.82, 2.24) is 15.1 Å². The van der Waals surface area contributed by atoms with Gasteiger partial charge < -0.3 is 19.7 Å². The van der Waals surface area contributed by atoms with Crippen molar-refractivity contribution >= 4 is 5.91 Å². The second-order valence-electron chi connectivity index (χ2n) is 6.56. The molecule has 0 saturated carbocycles. The van der Waals surface area contributed by atoms with Gasteiger partial charge in [-0.2, -0.15) is 0 Å². The molecule has 6 heteroatoms. The Balaban J connectivity index is 1.62. The van der Waals surface area contributed by atoms with Gasteiger partial charge in [0.2, 0.25) is 5.91 Å². The van der Waals surface area contributed by atoms with Crippen LogP contribution in [0.25, 0.3) is 0 Å². The summed E-state index contributed by atoms with van der Waals surface area (Å²) in [5.74, 6) is 0.192. The number of rotatable bonds is 11. The van der Waals surface area contributed by atoms with Crippen molar-refractivity contribution in [3.8, 4) is 0 Å². The van der Waals surface area contributed by atoms with Gasteiger partial charge in [-0.3, -0.25) is 9.69 Å². The van der Waals surface area contributed by atoms with Crippen LogP contribution in [0.1, 0.15) is 24.5 Å². The van der Waals surface area contributed by atoms with Gasteiger partial charge in [0.1, 0.15) is 0 Å². The van der Waals surface area contributed by atoms with Gasteiger partial charge in [-0.05, 0) is 25.1 Å². The minimum absolute atomic E-state index is 0.192. The summed E-state index contributed by atoms with van der Waals surface area (Å²) in [6, 6.07) is 8.75. The lowest BCUT2D eigenvalue weighted by Gasteiger charge is -2.34. The summed E-state index contributed by atoms with van der Waals surface area (Å²) in [4.78, 5) is 16.6. The molecule has 26 heavy (non-hydrogen) atoms. The Labute approximate surface area is 157 Å². The summed E-state index contributed by atoms with van der Waals surface area (Å²) in [5, 5.41) is 3.16.